The molecule has 0 saturated carbocycles. The van der Waals surface area contributed by atoms with Crippen LogP contribution in [0.1, 0.15) is 26.2 Å². The molecule has 0 aliphatic heterocycles. The van der Waals surface area contributed by atoms with Crippen LogP contribution < -0.4 is 5.73 Å². The number of alkyl halides is 1. The van der Waals surface area contributed by atoms with Crippen molar-refractivity contribution in [2.24, 2.45) is 5.73 Å². The van der Waals surface area contributed by atoms with E-state index in [9.17, 15) is 4.39 Å². The maximum atomic E-state index is 12.9. The molecule has 3 atom stereocenters. The van der Waals surface area contributed by atoms with Gasteiger partial charge in [-0.1, -0.05) is 28.2 Å². The lowest BCUT2D eigenvalue weighted by Crippen LogP contribution is -2.33. The Bertz CT molecular complexity index is 177. The lowest BCUT2D eigenvalue weighted by Gasteiger charge is -2.32. The monoisotopic (exact) mass is 175 g/mol. The minimum absolute atomic E-state index is 0.0874. The van der Waals surface area contributed by atoms with Crippen molar-refractivity contribution in [3.63, 3.8) is 0 Å². The normalized spacial score (nSPS) is 32.5. The molecule has 0 heterocycles. The molecule has 2 N–H and O–H groups in total. The van der Waals surface area contributed by atoms with Crippen LogP contribution in [0.3, 0.4) is 0 Å². The van der Waals surface area contributed by atoms with Crippen molar-refractivity contribution < 1.29 is 4.39 Å². The van der Waals surface area contributed by atoms with Crippen LogP contribution in [0.25, 0.3) is 0 Å². The number of rotatable bonds is 3. The lowest BCUT2D eigenvalue weighted by atomic mass is 9.88. The van der Waals surface area contributed by atoms with Crippen LogP contribution in [-0.4, -0.2) is 11.5 Å². The van der Waals surface area contributed by atoms with Gasteiger partial charge in [-0.15, -0.1) is 0 Å². The third-order valence-corrected chi connectivity index (χ3v) is 2.35. The molecule has 1 aliphatic rings. The Labute approximate surface area is 69.4 Å². The van der Waals surface area contributed by atoms with Gasteiger partial charge >= 0.3 is 0 Å². The second kappa shape index (κ2) is 3.20. The highest BCUT2D eigenvalue weighted by Gasteiger charge is 2.33. The molecule has 0 radical (unpaired) electrons. The van der Waals surface area contributed by atoms with Gasteiger partial charge < -0.3 is 5.73 Å². The molecular weight excluding hydrogens is 160 g/mol. The summed E-state index contributed by atoms with van der Waals surface area (Å²) in [5, 5.41) is -1.15. The number of nitrogens with two attached hydrogens (primary N) is 1. The molecule has 0 fully saturated rings. The van der Waals surface area contributed by atoms with Gasteiger partial charge in [0.25, 0.3) is 0 Å². The van der Waals surface area contributed by atoms with Gasteiger partial charge in [-0.05, 0) is 12.5 Å². The number of hydrogen-bond donors (Lipinski definition) is 1. The van der Waals surface area contributed by atoms with Crippen molar-refractivity contribution in [3.8, 4) is 0 Å². The van der Waals surface area contributed by atoms with Gasteiger partial charge in [-0.25, -0.2) is 4.39 Å². The summed E-state index contributed by atoms with van der Waals surface area (Å²) in [6, 6.07) is 0.0874. The molecule has 1 rings (SSSR count). The highest BCUT2D eigenvalue weighted by molar-refractivity contribution is 7.19. The van der Waals surface area contributed by atoms with Gasteiger partial charge in [0.2, 0.25) is 0 Å². The molecule has 1 aliphatic carbocycles. The molecule has 0 spiro atoms. The zero-order valence-corrected chi connectivity index (χ0v) is 7.96. The first-order chi connectivity index (χ1) is 5.05. The summed E-state index contributed by atoms with van der Waals surface area (Å²) in [6.45, 7) is 2.09. The average Bonchev–Trinajstić information content (AvgIpc) is 1.83. The molecule has 0 aromatic carbocycles. The molecule has 0 bridgehead atoms. The van der Waals surface area contributed by atoms with Gasteiger partial charge in [-0.3, -0.25) is 0 Å². The van der Waals surface area contributed by atoms with Crippen molar-refractivity contribution in [2.75, 3.05) is 0 Å². The van der Waals surface area contributed by atoms with E-state index in [1.165, 1.54) is 0 Å². The highest BCUT2D eigenvalue weighted by atomic mass is 31.0. The van der Waals surface area contributed by atoms with Crippen LogP contribution in [0.2, 0.25) is 0 Å². The van der Waals surface area contributed by atoms with Crippen LogP contribution in [0.4, 0.5) is 4.39 Å². The first-order valence-electron chi connectivity index (χ1n) is 4.00. The molecule has 0 saturated heterocycles. The fourth-order valence-electron chi connectivity index (χ4n) is 1.33. The number of halogens is 1. The van der Waals surface area contributed by atoms with Crippen molar-refractivity contribution in [3.05, 3.63) is 11.6 Å². The summed E-state index contributed by atoms with van der Waals surface area (Å²) in [7, 11) is 2.18. The van der Waals surface area contributed by atoms with E-state index >= 15 is 0 Å². The molecule has 1 nitrogen and oxygen atoms in total. The molecule has 3 heteroatoms. The van der Waals surface area contributed by atoms with Gasteiger partial charge in [0, 0.05) is 12.5 Å². The zero-order valence-electron chi connectivity index (χ0n) is 6.81. The Kier molecular flexibility index (Phi) is 2.66. The zero-order chi connectivity index (χ0) is 8.48. The minimum atomic E-state index is -1.15. The fraction of sp³-hybridized carbons (Fsp3) is 0.750. The van der Waals surface area contributed by atoms with Crippen LogP contribution in [-0.2, 0) is 0 Å². The summed E-state index contributed by atoms with van der Waals surface area (Å²) in [5.41, 5.74) is 6.84. The molecule has 64 valence electrons. The van der Waals surface area contributed by atoms with Crippen LogP contribution >= 0.6 is 9.24 Å². The molecule has 0 aromatic rings. The van der Waals surface area contributed by atoms with E-state index in [0.717, 1.165) is 18.4 Å². The van der Waals surface area contributed by atoms with E-state index < -0.39 is 5.41 Å². The quantitative estimate of drug-likeness (QED) is 0.515. The number of hydrogen-bond acceptors (Lipinski definition) is 1. The summed E-state index contributed by atoms with van der Waals surface area (Å²) in [5.74, 6) is 0. The third kappa shape index (κ3) is 2.25. The standard InChI is InChI=1S/C8H15FNP/c1-2-3-7(10)6-4-8(9,11)5-6/h4,7H,2-3,5,10-11H2,1H3/t7-,8?/m0/s1. The van der Waals surface area contributed by atoms with E-state index in [2.05, 4.69) is 16.2 Å². The van der Waals surface area contributed by atoms with Crippen molar-refractivity contribution in [1.82, 2.24) is 0 Å². The topological polar surface area (TPSA) is 26.0 Å². The van der Waals surface area contributed by atoms with E-state index in [1.54, 1.807) is 6.08 Å². The second-order valence-corrected chi connectivity index (χ2v) is 4.18. The smallest absolute Gasteiger partial charge is 0.145 e. The summed E-state index contributed by atoms with van der Waals surface area (Å²) in [4.78, 5) is 0. The Balaban J connectivity index is 2.41. The van der Waals surface area contributed by atoms with E-state index in [4.69, 9.17) is 5.73 Å². The lowest BCUT2D eigenvalue weighted by molar-refractivity contribution is 0.310. The average molecular weight is 175 g/mol. The van der Waals surface area contributed by atoms with E-state index in [0.29, 0.717) is 6.42 Å². The Morgan fingerprint density at radius 2 is 2.45 bits per heavy atom. The Hall–Kier alpha value is 0.0600. The third-order valence-electron chi connectivity index (χ3n) is 1.98. The van der Waals surface area contributed by atoms with Crippen LogP contribution in [0.5, 0.6) is 0 Å². The predicted octanol–water partition coefficient (Wildman–Crippen LogP) is 1.98. The second-order valence-electron chi connectivity index (χ2n) is 3.22. The largest absolute Gasteiger partial charge is 0.324 e. The first kappa shape index (κ1) is 9.15. The van der Waals surface area contributed by atoms with E-state index in [1.807, 2.05) is 0 Å². The van der Waals surface area contributed by atoms with Crippen molar-refractivity contribution in [2.45, 2.75) is 37.6 Å². The Morgan fingerprint density at radius 1 is 1.91 bits per heavy atom. The summed E-state index contributed by atoms with van der Waals surface area (Å²) in [6.07, 6.45) is 4.15. The maximum absolute atomic E-state index is 12.9. The van der Waals surface area contributed by atoms with Crippen molar-refractivity contribution in [1.29, 1.82) is 0 Å². The van der Waals surface area contributed by atoms with Crippen LogP contribution in [0.15, 0.2) is 11.6 Å². The van der Waals surface area contributed by atoms with Gasteiger partial charge in [0.1, 0.15) is 5.41 Å². The summed E-state index contributed by atoms with van der Waals surface area (Å²) >= 11 is 0. The van der Waals surface area contributed by atoms with Gasteiger partial charge in [-0.2, -0.15) is 0 Å². The molecule has 0 amide bonds. The molecular formula is C8H15FNP. The Morgan fingerprint density at radius 3 is 2.82 bits per heavy atom. The minimum Gasteiger partial charge on any atom is -0.324 e. The van der Waals surface area contributed by atoms with Crippen molar-refractivity contribution >= 4 is 9.24 Å². The molecule has 11 heavy (non-hydrogen) atoms. The molecule has 2 unspecified atom stereocenters. The summed E-state index contributed by atoms with van der Waals surface area (Å²) < 4.78 is 12.9. The van der Waals surface area contributed by atoms with E-state index in [-0.39, 0.29) is 6.04 Å². The predicted molar refractivity (Wildman–Crippen MR) is 49.1 cm³/mol. The highest BCUT2D eigenvalue weighted by Crippen LogP contribution is 2.41. The maximum Gasteiger partial charge on any atom is 0.145 e. The molecule has 0 aromatic heterocycles. The number of allylic oxidation sites excluding steroid dienone is 1. The van der Waals surface area contributed by atoms with Gasteiger partial charge in [0.15, 0.2) is 0 Å². The SMILES string of the molecule is CCC[C@H](N)C1=CC(F)(P)C1. The first-order valence-corrected chi connectivity index (χ1v) is 4.58. The fourth-order valence-corrected chi connectivity index (χ4v) is 1.78. The van der Waals surface area contributed by atoms with Gasteiger partial charge in [0.05, 0.1) is 0 Å². The van der Waals surface area contributed by atoms with Crippen LogP contribution in [0, 0.1) is 0 Å².